The Kier molecular flexibility index (Phi) is 9.00. The average molecular weight is 417 g/mol. The number of ether oxygens (including phenoxy) is 1. The van der Waals surface area contributed by atoms with Crippen LogP contribution in [0.15, 0.2) is 48.5 Å². The Balaban J connectivity index is 2.15. The number of nitrogens with zero attached hydrogens (tertiary/aromatic N) is 1. The van der Waals surface area contributed by atoms with Gasteiger partial charge in [0, 0.05) is 18.1 Å². The van der Waals surface area contributed by atoms with Crippen LogP contribution in [0.25, 0.3) is 0 Å². The van der Waals surface area contributed by atoms with Crippen LogP contribution in [0, 0.1) is 0 Å². The molecule has 2 aromatic rings. The highest BCUT2D eigenvalue weighted by molar-refractivity contribution is 6.30. The number of likely N-dealkylation sites (N-methyl/N-ethyl adjacent to an activating group) is 1. The summed E-state index contributed by atoms with van der Waals surface area (Å²) in [6.45, 7) is 6.53. The van der Waals surface area contributed by atoms with Gasteiger partial charge in [-0.25, -0.2) is 0 Å². The Labute approximate surface area is 178 Å². The molecule has 0 radical (unpaired) electrons. The van der Waals surface area contributed by atoms with Crippen LogP contribution in [0.3, 0.4) is 0 Å². The molecule has 0 aromatic heterocycles. The van der Waals surface area contributed by atoms with Crippen molar-refractivity contribution in [2.24, 2.45) is 0 Å². The Morgan fingerprint density at radius 3 is 2.17 bits per heavy atom. The number of halogens is 1. The van der Waals surface area contributed by atoms with Gasteiger partial charge in [0.25, 0.3) is 5.91 Å². The molecule has 0 aliphatic carbocycles. The third-order valence-corrected chi connectivity index (χ3v) is 4.95. The monoisotopic (exact) mass is 416 g/mol. The fourth-order valence-electron chi connectivity index (χ4n) is 3.05. The first-order valence-electron chi connectivity index (χ1n) is 10.0. The zero-order valence-electron chi connectivity index (χ0n) is 17.3. The molecule has 156 valence electrons. The molecule has 2 aromatic carbocycles. The Hall–Kier alpha value is -2.53. The van der Waals surface area contributed by atoms with Gasteiger partial charge in [-0.1, -0.05) is 49.7 Å². The molecule has 0 saturated heterocycles. The molecule has 5 nitrogen and oxygen atoms in total. The van der Waals surface area contributed by atoms with Gasteiger partial charge in [-0.2, -0.15) is 0 Å². The van der Waals surface area contributed by atoms with Gasteiger partial charge in [-0.15, -0.1) is 0 Å². The molecule has 0 aliphatic heterocycles. The maximum atomic E-state index is 13.0. The zero-order chi connectivity index (χ0) is 21.2. The second-order valence-electron chi connectivity index (χ2n) is 6.75. The highest BCUT2D eigenvalue weighted by atomic mass is 35.5. The summed E-state index contributed by atoms with van der Waals surface area (Å²) in [6, 6.07) is 14.4. The molecule has 0 spiro atoms. The van der Waals surface area contributed by atoms with Gasteiger partial charge in [0.1, 0.15) is 11.8 Å². The molecule has 0 bridgehead atoms. The Morgan fingerprint density at radius 1 is 1.00 bits per heavy atom. The molecule has 2 amide bonds. The summed E-state index contributed by atoms with van der Waals surface area (Å²) in [5.74, 6) is 0.232. The van der Waals surface area contributed by atoms with Crippen LogP contribution in [0.4, 0.5) is 0 Å². The highest BCUT2D eigenvalue weighted by Crippen LogP contribution is 2.17. The van der Waals surface area contributed by atoms with Crippen LogP contribution < -0.4 is 10.1 Å². The van der Waals surface area contributed by atoms with Crippen LogP contribution in [-0.4, -0.2) is 35.9 Å². The first-order valence-corrected chi connectivity index (χ1v) is 10.4. The van der Waals surface area contributed by atoms with E-state index < -0.39 is 6.04 Å². The lowest BCUT2D eigenvalue weighted by Gasteiger charge is -2.30. The fraction of sp³-hybridized carbons (Fsp3) is 0.391. The second-order valence-corrected chi connectivity index (χ2v) is 7.19. The van der Waals surface area contributed by atoms with Crippen molar-refractivity contribution in [2.75, 3.05) is 13.2 Å². The van der Waals surface area contributed by atoms with Crippen molar-refractivity contribution in [1.82, 2.24) is 10.2 Å². The molecular formula is C23H29ClN2O3. The maximum absolute atomic E-state index is 13.0. The summed E-state index contributed by atoms with van der Waals surface area (Å²) in [5.41, 5.74) is 2.10. The normalized spacial score (nSPS) is 11.6. The molecule has 0 aliphatic rings. The van der Waals surface area contributed by atoms with Crippen molar-refractivity contribution in [3.05, 3.63) is 64.7 Å². The lowest BCUT2D eigenvalue weighted by molar-refractivity contribution is -0.142. The van der Waals surface area contributed by atoms with E-state index >= 15 is 0 Å². The summed E-state index contributed by atoms with van der Waals surface area (Å²) in [7, 11) is 0. The summed E-state index contributed by atoms with van der Waals surface area (Å²) in [6.07, 6.45) is 1.45. The van der Waals surface area contributed by atoms with E-state index in [-0.39, 0.29) is 18.4 Å². The largest absolute Gasteiger partial charge is 0.484 e. The quantitative estimate of drug-likeness (QED) is 0.630. The first-order chi connectivity index (χ1) is 14.0. The van der Waals surface area contributed by atoms with E-state index in [1.54, 1.807) is 17.0 Å². The number of aryl methyl sites for hydroxylation is 1. The zero-order valence-corrected chi connectivity index (χ0v) is 18.0. The predicted octanol–water partition coefficient (Wildman–Crippen LogP) is 4.22. The van der Waals surface area contributed by atoms with E-state index in [0.717, 1.165) is 12.0 Å². The van der Waals surface area contributed by atoms with Crippen LogP contribution in [0.2, 0.25) is 5.02 Å². The molecule has 1 N–H and O–H groups in total. The standard InChI is InChI=1S/C23H29ClN2O3/c1-4-17-9-13-20(14-10-17)29-16-22(27)26(21(5-2)23(28)25-6-3)15-18-7-11-19(24)12-8-18/h7-14,21H,4-6,15-16H2,1-3H3,(H,25,28). The van der Waals surface area contributed by atoms with Crippen molar-refractivity contribution in [3.63, 3.8) is 0 Å². The molecule has 0 heterocycles. The molecule has 6 heteroatoms. The minimum Gasteiger partial charge on any atom is -0.484 e. The van der Waals surface area contributed by atoms with E-state index in [1.807, 2.05) is 50.2 Å². The van der Waals surface area contributed by atoms with Gasteiger partial charge < -0.3 is 15.0 Å². The molecule has 0 saturated carbocycles. The number of benzene rings is 2. The maximum Gasteiger partial charge on any atom is 0.261 e. The van der Waals surface area contributed by atoms with Crippen molar-refractivity contribution in [2.45, 2.75) is 46.2 Å². The number of amides is 2. The van der Waals surface area contributed by atoms with Gasteiger partial charge in [-0.3, -0.25) is 9.59 Å². The van der Waals surface area contributed by atoms with Crippen LogP contribution >= 0.6 is 11.6 Å². The number of hydrogen-bond donors (Lipinski definition) is 1. The third-order valence-electron chi connectivity index (χ3n) is 4.70. The molecule has 0 fully saturated rings. The van der Waals surface area contributed by atoms with E-state index in [2.05, 4.69) is 12.2 Å². The number of carbonyl (C=O) groups is 2. The summed E-state index contributed by atoms with van der Waals surface area (Å²) < 4.78 is 5.70. The third kappa shape index (κ3) is 6.79. The van der Waals surface area contributed by atoms with Gasteiger partial charge in [-0.05, 0) is 55.2 Å². The number of rotatable bonds is 10. The minimum absolute atomic E-state index is 0.130. The van der Waals surface area contributed by atoms with Crippen LogP contribution in [-0.2, 0) is 22.6 Å². The molecular weight excluding hydrogens is 388 g/mol. The summed E-state index contributed by atoms with van der Waals surface area (Å²) in [5, 5.41) is 3.44. The van der Waals surface area contributed by atoms with Crippen molar-refractivity contribution >= 4 is 23.4 Å². The minimum atomic E-state index is -0.566. The SMILES string of the molecule is CCNC(=O)C(CC)N(Cc1ccc(Cl)cc1)C(=O)COc1ccc(CC)cc1. The Bertz CT molecular complexity index is 791. The van der Waals surface area contributed by atoms with Crippen molar-refractivity contribution in [1.29, 1.82) is 0 Å². The number of carbonyl (C=O) groups excluding carboxylic acids is 2. The van der Waals surface area contributed by atoms with E-state index in [1.165, 1.54) is 5.56 Å². The number of hydrogen-bond acceptors (Lipinski definition) is 3. The van der Waals surface area contributed by atoms with E-state index in [9.17, 15) is 9.59 Å². The summed E-state index contributed by atoms with van der Waals surface area (Å²) in [4.78, 5) is 27.1. The second kappa shape index (κ2) is 11.5. The molecule has 29 heavy (non-hydrogen) atoms. The van der Waals surface area contributed by atoms with Crippen molar-refractivity contribution in [3.8, 4) is 5.75 Å². The Morgan fingerprint density at radius 2 is 1.62 bits per heavy atom. The van der Waals surface area contributed by atoms with Gasteiger partial charge in [0.2, 0.25) is 5.91 Å². The van der Waals surface area contributed by atoms with Crippen molar-refractivity contribution < 1.29 is 14.3 Å². The first kappa shape index (κ1) is 22.8. The van der Waals surface area contributed by atoms with Gasteiger partial charge >= 0.3 is 0 Å². The van der Waals surface area contributed by atoms with E-state index in [0.29, 0.717) is 30.3 Å². The number of nitrogens with one attached hydrogen (secondary N) is 1. The molecule has 1 atom stereocenters. The van der Waals surface area contributed by atoms with E-state index in [4.69, 9.17) is 16.3 Å². The average Bonchev–Trinajstić information content (AvgIpc) is 2.73. The molecule has 1 unspecified atom stereocenters. The van der Waals surface area contributed by atoms with Crippen LogP contribution in [0.1, 0.15) is 38.3 Å². The fourth-order valence-corrected chi connectivity index (χ4v) is 3.17. The van der Waals surface area contributed by atoms with Crippen LogP contribution in [0.5, 0.6) is 5.75 Å². The smallest absolute Gasteiger partial charge is 0.261 e. The lowest BCUT2D eigenvalue weighted by Crippen LogP contribution is -2.50. The predicted molar refractivity (Wildman–Crippen MR) is 116 cm³/mol. The lowest BCUT2D eigenvalue weighted by atomic mass is 10.1. The van der Waals surface area contributed by atoms with Gasteiger partial charge in [0.15, 0.2) is 6.61 Å². The topological polar surface area (TPSA) is 58.6 Å². The summed E-state index contributed by atoms with van der Waals surface area (Å²) >= 11 is 5.97. The highest BCUT2D eigenvalue weighted by Gasteiger charge is 2.28. The molecule has 2 rings (SSSR count). The van der Waals surface area contributed by atoms with Gasteiger partial charge in [0.05, 0.1) is 0 Å².